The Bertz CT molecular complexity index is 444. The van der Waals surface area contributed by atoms with Gasteiger partial charge in [0.2, 0.25) is 5.91 Å². The molecule has 1 aliphatic carbocycles. The predicted molar refractivity (Wildman–Crippen MR) is 59.3 cm³/mol. The van der Waals surface area contributed by atoms with Crippen LogP contribution in [0.3, 0.4) is 0 Å². The lowest BCUT2D eigenvalue weighted by molar-refractivity contribution is -0.123. The molecule has 0 saturated heterocycles. The number of nitrogens with one attached hydrogen (secondary N) is 1. The molecule has 2 rings (SSSR count). The molecule has 1 saturated carbocycles. The first-order valence-corrected chi connectivity index (χ1v) is 5.54. The van der Waals surface area contributed by atoms with Crippen LogP contribution < -0.4 is 11.1 Å². The van der Waals surface area contributed by atoms with Gasteiger partial charge in [-0.05, 0) is 30.5 Å². The summed E-state index contributed by atoms with van der Waals surface area (Å²) in [6, 6.07) is 3.62. The van der Waals surface area contributed by atoms with Gasteiger partial charge in [-0.25, -0.2) is 8.78 Å². The van der Waals surface area contributed by atoms with Crippen LogP contribution in [0, 0.1) is 11.6 Å². The minimum atomic E-state index is -0.916. The summed E-state index contributed by atoms with van der Waals surface area (Å²) in [6.07, 6.45) is 1.32. The summed E-state index contributed by atoms with van der Waals surface area (Å²) in [5.41, 5.74) is 5.16. The summed E-state index contributed by atoms with van der Waals surface area (Å²) < 4.78 is 25.9. The molecule has 1 amide bonds. The molecule has 1 aliphatic rings. The fourth-order valence-electron chi connectivity index (χ4n) is 1.92. The van der Waals surface area contributed by atoms with Crippen LogP contribution in [0.5, 0.6) is 0 Å². The van der Waals surface area contributed by atoms with E-state index in [1.807, 2.05) is 0 Å². The maximum atomic E-state index is 13.1. The van der Waals surface area contributed by atoms with Crippen LogP contribution in [0.15, 0.2) is 18.2 Å². The molecular formula is C12H14F2N2O. The van der Waals surface area contributed by atoms with Gasteiger partial charge in [0.15, 0.2) is 11.6 Å². The Labute approximate surface area is 98.0 Å². The second-order valence-corrected chi connectivity index (χ2v) is 4.26. The highest BCUT2D eigenvalue weighted by Crippen LogP contribution is 2.48. The van der Waals surface area contributed by atoms with E-state index in [2.05, 4.69) is 5.32 Å². The number of halogens is 2. The van der Waals surface area contributed by atoms with Gasteiger partial charge in [0, 0.05) is 13.1 Å². The van der Waals surface area contributed by atoms with Gasteiger partial charge >= 0.3 is 0 Å². The van der Waals surface area contributed by atoms with Gasteiger partial charge in [0.25, 0.3) is 0 Å². The molecule has 92 valence electrons. The summed E-state index contributed by atoms with van der Waals surface area (Å²) in [6.45, 7) is 0.754. The van der Waals surface area contributed by atoms with Gasteiger partial charge in [-0.3, -0.25) is 4.79 Å². The summed E-state index contributed by atoms with van der Waals surface area (Å²) in [7, 11) is 0. The van der Waals surface area contributed by atoms with Gasteiger partial charge < -0.3 is 11.1 Å². The fourth-order valence-corrected chi connectivity index (χ4v) is 1.92. The monoisotopic (exact) mass is 240 g/mol. The standard InChI is InChI=1S/C12H14F2N2O/c13-9-2-1-8(7-10(9)14)12(3-4-12)11(17)16-6-5-15/h1-2,7H,3-6,15H2,(H,16,17). The van der Waals surface area contributed by atoms with Gasteiger partial charge in [-0.1, -0.05) is 6.07 Å². The number of benzene rings is 1. The van der Waals surface area contributed by atoms with E-state index in [0.717, 1.165) is 12.1 Å². The molecule has 0 bridgehead atoms. The van der Waals surface area contributed by atoms with E-state index in [1.165, 1.54) is 6.07 Å². The van der Waals surface area contributed by atoms with Crippen molar-refractivity contribution in [2.24, 2.45) is 5.73 Å². The zero-order chi connectivity index (χ0) is 12.5. The molecule has 0 aromatic heterocycles. The van der Waals surface area contributed by atoms with Crippen molar-refractivity contribution in [1.29, 1.82) is 0 Å². The molecule has 3 N–H and O–H groups in total. The molecule has 5 heteroatoms. The Morgan fingerprint density at radius 2 is 2.06 bits per heavy atom. The number of carbonyl (C=O) groups excluding carboxylic acids is 1. The Morgan fingerprint density at radius 3 is 2.59 bits per heavy atom. The first-order chi connectivity index (χ1) is 8.10. The topological polar surface area (TPSA) is 55.1 Å². The highest BCUT2D eigenvalue weighted by molar-refractivity contribution is 5.91. The average molecular weight is 240 g/mol. The Balaban J connectivity index is 2.20. The highest BCUT2D eigenvalue weighted by atomic mass is 19.2. The van der Waals surface area contributed by atoms with Gasteiger partial charge in [-0.15, -0.1) is 0 Å². The Hall–Kier alpha value is -1.49. The summed E-state index contributed by atoms with van der Waals surface area (Å²) >= 11 is 0. The third-order valence-corrected chi connectivity index (χ3v) is 3.09. The molecule has 0 spiro atoms. The van der Waals surface area contributed by atoms with E-state index in [9.17, 15) is 13.6 Å². The van der Waals surface area contributed by atoms with Crippen LogP contribution in [0.2, 0.25) is 0 Å². The van der Waals surface area contributed by atoms with E-state index < -0.39 is 17.0 Å². The van der Waals surface area contributed by atoms with Crippen LogP contribution in [0.4, 0.5) is 8.78 Å². The zero-order valence-corrected chi connectivity index (χ0v) is 9.30. The minimum absolute atomic E-state index is 0.158. The number of amides is 1. The van der Waals surface area contributed by atoms with Crippen LogP contribution in [-0.4, -0.2) is 19.0 Å². The molecule has 0 aliphatic heterocycles. The fraction of sp³-hybridized carbons (Fsp3) is 0.417. The van der Waals surface area contributed by atoms with Crippen molar-refractivity contribution in [3.05, 3.63) is 35.4 Å². The number of rotatable bonds is 4. The molecule has 1 aromatic rings. The van der Waals surface area contributed by atoms with Crippen molar-refractivity contribution in [2.45, 2.75) is 18.3 Å². The van der Waals surface area contributed by atoms with E-state index in [-0.39, 0.29) is 5.91 Å². The summed E-state index contributed by atoms with van der Waals surface area (Å²) in [5.74, 6) is -1.97. The van der Waals surface area contributed by atoms with Crippen LogP contribution in [0.1, 0.15) is 18.4 Å². The van der Waals surface area contributed by atoms with Crippen LogP contribution >= 0.6 is 0 Å². The maximum absolute atomic E-state index is 13.1. The number of hydrogen-bond donors (Lipinski definition) is 2. The molecule has 17 heavy (non-hydrogen) atoms. The predicted octanol–water partition coefficient (Wildman–Crippen LogP) is 1.07. The first kappa shape index (κ1) is 12.0. The van der Waals surface area contributed by atoms with Crippen LogP contribution in [-0.2, 0) is 10.2 Å². The van der Waals surface area contributed by atoms with Crippen molar-refractivity contribution in [3.8, 4) is 0 Å². The number of carbonyl (C=O) groups is 1. The lowest BCUT2D eigenvalue weighted by Crippen LogP contribution is -2.37. The minimum Gasteiger partial charge on any atom is -0.354 e. The average Bonchev–Trinajstić information content (AvgIpc) is 3.11. The first-order valence-electron chi connectivity index (χ1n) is 5.54. The molecule has 0 heterocycles. The molecule has 0 atom stereocenters. The van der Waals surface area contributed by atoms with E-state index in [1.54, 1.807) is 0 Å². The summed E-state index contributed by atoms with van der Waals surface area (Å²) in [4.78, 5) is 11.9. The van der Waals surface area contributed by atoms with Gasteiger partial charge in [0.1, 0.15) is 0 Å². The molecule has 0 unspecified atom stereocenters. The van der Waals surface area contributed by atoms with E-state index in [0.29, 0.717) is 31.5 Å². The van der Waals surface area contributed by atoms with Gasteiger partial charge in [0.05, 0.1) is 5.41 Å². The number of hydrogen-bond acceptors (Lipinski definition) is 2. The maximum Gasteiger partial charge on any atom is 0.230 e. The van der Waals surface area contributed by atoms with Crippen molar-refractivity contribution in [2.75, 3.05) is 13.1 Å². The van der Waals surface area contributed by atoms with Crippen molar-refractivity contribution >= 4 is 5.91 Å². The third-order valence-electron chi connectivity index (χ3n) is 3.09. The Kier molecular flexibility index (Phi) is 3.11. The van der Waals surface area contributed by atoms with Crippen molar-refractivity contribution in [3.63, 3.8) is 0 Å². The lowest BCUT2D eigenvalue weighted by Gasteiger charge is -2.15. The molecule has 1 fully saturated rings. The lowest BCUT2D eigenvalue weighted by atomic mass is 9.95. The molecule has 0 radical (unpaired) electrons. The smallest absolute Gasteiger partial charge is 0.230 e. The van der Waals surface area contributed by atoms with Crippen molar-refractivity contribution < 1.29 is 13.6 Å². The number of nitrogens with two attached hydrogens (primary N) is 1. The van der Waals surface area contributed by atoms with Crippen LogP contribution in [0.25, 0.3) is 0 Å². The quantitative estimate of drug-likeness (QED) is 0.827. The summed E-state index contributed by atoms with van der Waals surface area (Å²) in [5, 5.41) is 2.69. The normalized spacial score (nSPS) is 16.6. The molecule has 1 aromatic carbocycles. The molecule has 3 nitrogen and oxygen atoms in total. The SMILES string of the molecule is NCCNC(=O)C1(c2ccc(F)c(F)c2)CC1. The third kappa shape index (κ3) is 2.15. The highest BCUT2D eigenvalue weighted by Gasteiger charge is 2.51. The second kappa shape index (κ2) is 4.41. The molecular weight excluding hydrogens is 226 g/mol. The second-order valence-electron chi connectivity index (χ2n) is 4.26. The van der Waals surface area contributed by atoms with E-state index in [4.69, 9.17) is 5.73 Å². The largest absolute Gasteiger partial charge is 0.354 e. The van der Waals surface area contributed by atoms with E-state index >= 15 is 0 Å². The zero-order valence-electron chi connectivity index (χ0n) is 9.30. The van der Waals surface area contributed by atoms with Gasteiger partial charge in [-0.2, -0.15) is 0 Å². The Morgan fingerprint density at radius 1 is 1.35 bits per heavy atom. The van der Waals surface area contributed by atoms with Crippen molar-refractivity contribution in [1.82, 2.24) is 5.32 Å².